The Bertz CT molecular complexity index is 653. The first-order valence-electron chi connectivity index (χ1n) is 5.88. The fourth-order valence-electron chi connectivity index (χ4n) is 2.14. The van der Waals surface area contributed by atoms with E-state index in [4.69, 9.17) is 8.92 Å². The van der Waals surface area contributed by atoms with Crippen molar-refractivity contribution in [2.75, 3.05) is 0 Å². The highest BCUT2D eigenvalue weighted by Crippen LogP contribution is 2.44. The van der Waals surface area contributed by atoms with Gasteiger partial charge in [-0.05, 0) is 11.1 Å². The molecule has 9 heteroatoms. The van der Waals surface area contributed by atoms with Crippen molar-refractivity contribution in [3.8, 4) is 0 Å². The van der Waals surface area contributed by atoms with Gasteiger partial charge < -0.3 is 9.84 Å². The van der Waals surface area contributed by atoms with Gasteiger partial charge in [0.15, 0.2) is 5.44 Å². The number of aromatic amines is 1. The van der Waals surface area contributed by atoms with Crippen molar-refractivity contribution in [1.82, 2.24) is 9.55 Å². The molecule has 0 radical (unpaired) electrons. The van der Waals surface area contributed by atoms with Crippen LogP contribution in [-0.2, 0) is 8.92 Å². The Balaban J connectivity index is 1.92. The Hall–Kier alpha value is -0.870. The van der Waals surface area contributed by atoms with Crippen molar-refractivity contribution >= 4 is 34.0 Å². The number of ether oxygens (including phenoxy) is 1. The summed E-state index contributed by atoms with van der Waals surface area (Å²) in [7, 11) is 0. The van der Waals surface area contributed by atoms with Crippen LogP contribution >= 0.6 is 28.0 Å². The summed E-state index contributed by atoms with van der Waals surface area (Å²) in [4.78, 5) is 27.2. The summed E-state index contributed by atoms with van der Waals surface area (Å²) in [5.74, 6) is 0. The minimum atomic E-state index is -0.700. The minimum absolute atomic E-state index is 0.185. The molecule has 2 aliphatic rings. The zero-order chi connectivity index (χ0) is 14.3. The molecular weight excluding hydrogens is 352 g/mol. The molecule has 0 spiro atoms. The maximum atomic E-state index is 11.9. The number of aliphatic hydroxyl groups is 1. The number of hydrogen-bond acceptors (Lipinski definition) is 6. The summed E-state index contributed by atoms with van der Waals surface area (Å²) in [6.45, 7) is 0. The Kier molecular flexibility index (Phi) is 3.87. The third-order valence-electron chi connectivity index (χ3n) is 3.16. The molecular formula is C11H11BrN2O5S. The Morgan fingerprint density at radius 1 is 1.55 bits per heavy atom. The molecule has 3 heterocycles. The zero-order valence-electron chi connectivity index (χ0n) is 10.1. The molecule has 0 aromatic carbocycles. The van der Waals surface area contributed by atoms with E-state index in [1.54, 1.807) is 0 Å². The second-order valence-corrected chi connectivity index (χ2v) is 5.84. The van der Waals surface area contributed by atoms with Gasteiger partial charge >= 0.3 is 5.69 Å². The van der Waals surface area contributed by atoms with Crippen LogP contribution < -0.4 is 11.2 Å². The van der Waals surface area contributed by atoms with Crippen LogP contribution in [0, 0.1) is 0 Å². The molecule has 1 unspecified atom stereocenters. The molecule has 108 valence electrons. The van der Waals surface area contributed by atoms with Gasteiger partial charge in [0.25, 0.3) is 5.56 Å². The lowest BCUT2D eigenvalue weighted by Gasteiger charge is -2.14. The van der Waals surface area contributed by atoms with Gasteiger partial charge in [-0.3, -0.25) is 18.5 Å². The summed E-state index contributed by atoms with van der Waals surface area (Å²) in [6.07, 6.45) is 1.44. The first kappa shape index (κ1) is 14.1. The van der Waals surface area contributed by atoms with E-state index in [2.05, 4.69) is 20.9 Å². The molecule has 2 aliphatic heterocycles. The number of aromatic nitrogens is 2. The topological polar surface area (TPSA) is 96.9 Å². The van der Waals surface area contributed by atoms with Gasteiger partial charge in [-0.2, -0.15) is 0 Å². The van der Waals surface area contributed by atoms with Crippen LogP contribution in [0.2, 0.25) is 0 Å². The number of halogens is 1. The lowest BCUT2D eigenvalue weighted by atomic mass is 10.2. The van der Waals surface area contributed by atoms with Crippen molar-refractivity contribution in [3.05, 3.63) is 37.6 Å². The highest BCUT2D eigenvalue weighted by molar-refractivity contribution is 9.11. The summed E-state index contributed by atoms with van der Waals surface area (Å²) >= 11 is 4.32. The molecule has 0 aliphatic carbocycles. The monoisotopic (exact) mass is 362 g/mol. The normalized spacial score (nSPS) is 32.9. The number of nitrogens with one attached hydrogen (secondary N) is 1. The Morgan fingerprint density at radius 2 is 2.30 bits per heavy atom. The number of hydrogen-bond donors (Lipinski definition) is 2. The zero-order valence-corrected chi connectivity index (χ0v) is 12.5. The molecule has 2 saturated heterocycles. The molecule has 0 saturated carbocycles. The third kappa shape index (κ3) is 2.63. The van der Waals surface area contributed by atoms with Gasteiger partial charge in [0.05, 0.1) is 11.7 Å². The van der Waals surface area contributed by atoms with Crippen molar-refractivity contribution < 1.29 is 14.0 Å². The Morgan fingerprint density at radius 3 is 2.95 bits per heavy atom. The number of aliphatic hydroxyl groups excluding tert-OH is 1. The highest BCUT2D eigenvalue weighted by atomic mass is 79.9. The number of nitrogens with zero attached hydrogens (tertiary/aromatic N) is 1. The van der Waals surface area contributed by atoms with E-state index in [-0.39, 0.29) is 11.9 Å². The van der Waals surface area contributed by atoms with Crippen LogP contribution in [0.25, 0.3) is 6.08 Å². The van der Waals surface area contributed by atoms with Crippen LogP contribution in [0.3, 0.4) is 0 Å². The molecule has 3 rings (SSSR count). The smallest absolute Gasteiger partial charge is 0.330 e. The average molecular weight is 363 g/mol. The minimum Gasteiger partial charge on any atom is -0.390 e. The van der Waals surface area contributed by atoms with Gasteiger partial charge in [-0.1, -0.05) is 15.9 Å². The molecule has 1 aromatic rings. The van der Waals surface area contributed by atoms with Crippen LogP contribution in [0.5, 0.6) is 0 Å². The van der Waals surface area contributed by atoms with Crippen LogP contribution in [0.15, 0.2) is 20.8 Å². The van der Waals surface area contributed by atoms with Crippen molar-refractivity contribution in [2.24, 2.45) is 0 Å². The first-order chi connectivity index (χ1) is 9.60. The van der Waals surface area contributed by atoms with Crippen molar-refractivity contribution in [3.63, 3.8) is 0 Å². The van der Waals surface area contributed by atoms with Crippen molar-refractivity contribution in [1.29, 1.82) is 0 Å². The lowest BCUT2D eigenvalue weighted by molar-refractivity contribution is -0.0330. The SMILES string of the molecule is O=c1[nH]c(=O)n([C@H]2C[C@H](O)[C@@H](C3OS3)O2)cc1/C=C/Br. The molecule has 1 aromatic heterocycles. The third-order valence-corrected chi connectivity index (χ3v) is 4.11. The van der Waals surface area contributed by atoms with E-state index in [9.17, 15) is 14.7 Å². The van der Waals surface area contributed by atoms with Gasteiger partial charge in [0.1, 0.15) is 12.3 Å². The summed E-state index contributed by atoms with van der Waals surface area (Å²) in [5.41, 5.74) is -0.905. The van der Waals surface area contributed by atoms with E-state index in [0.717, 1.165) is 0 Å². The van der Waals surface area contributed by atoms with Crippen LogP contribution in [-0.4, -0.2) is 32.3 Å². The summed E-state index contributed by atoms with van der Waals surface area (Å²) in [6, 6.07) is 0. The molecule has 7 nitrogen and oxygen atoms in total. The number of H-pyrrole nitrogens is 1. The van der Waals surface area contributed by atoms with Crippen LogP contribution in [0.4, 0.5) is 0 Å². The molecule has 2 fully saturated rings. The molecule has 20 heavy (non-hydrogen) atoms. The average Bonchev–Trinajstić information content (AvgIpc) is 3.16. The highest BCUT2D eigenvalue weighted by Gasteiger charge is 2.47. The largest absolute Gasteiger partial charge is 0.390 e. The van der Waals surface area contributed by atoms with E-state index in [1.807, 2.05) is 0 Å². The quantitative estimate of drug-likeness (QED) is 0.602. The summed E-state index contributed by atoms with van der Waals surface area (Å²) in [5, 5.41) is 9.92. The summed E-state index contributed by atoms with van der Waals surface area (Å²) < 4.78 is 12.0. The molecule has 2 N–H and O–H groups in total. The fourth-order valence-corrected chi connectivity index (χ4v) is 2.95. The van der Waals surface area contributed by atoms with Crippen molar-refractivity contribution in [2.45, 2.75) is 30.3 Å². The lowest BCUT2D eigenvalue weighted by Crippen LogP contribution is -2.33. The van der Waals surface area contributed by atoms with Gasteiger partial charge in [-0.15, -0.1) is 0 Å². The second-order valence-electron chi connectivity index (χ2n) is 4.46. The fraction of sp³-hybridized carbons (Fsp3) is 0.455. The maximum absolute atomic E-state index is 11.9. The van der Waals surface area contributed by atoms with E-state index in [1.165, 1.54) is 33.9 Å². The standard InChI is InChI=1S/C11H11BrN2O5S/c12-2-1-5-4-14(11(17)13-9(5)16)7-3-6(15)8(18-7)10-19-20-10/h1-2,4,6-8,10,15H,3H2,(H,13,16,17)/b2-1+/t6-,7+,8-,10?/m0/s1. The maximum Gasteiger partial charge on any atom is 0.330 e. The molecule has 0 amide bonds. The van der Waals surface area contributed by atoms with E-state index >= 15 is 0 Å². The second kappa shape index (κ2) is 5.49. The van der Waals surface area contributed by atoms with Crippen LogP contribution in [0.1, 0.15) is 18.2 Å². The molecule has 4 atom stereocenters. The first-order valence-corrected chi connectivity index (χ1v) is 7.60. The molecule has 0 bridgehead atoms. The predicted octanol–water partition coefficient (Wildman–Crippen LogP) is 0.555. The van der Waals surface area contributed by atoms with E-state index < -0.39 is 29.7 Å². The van der Waals surface area contributed by atoms with Gasteiger partial charge in [-0.25, -0.2) is 4.79 Å². The predicted molar refractivity (Wildman–Crippen MR) is 76.3 cm³/mol. The van der Waals surface area contributed by atoms with E-state index in [0.29, 0.717) is 5.56 Å². The van der Waals surface area contributed by atoms with Gasteiger partial charge in [0.2, 0.25) is 0 Å². The number of rotatable bonds is 3. The van der Waals surface area contributed by atoms with Gasteiger partial charge in [0, 0.05) is 24.7 Å². The Labute approximate surface area is 125 Å².